The summed E-state index contributed by atoms with van der Waals surface area (Å²) in [6.45, 7) is 2.18. The van der Waals surface area contributed by atoms with Gasteiger partial charge in [0.2, 0.25) is 5.88 Å². The number of hydrogen-bond acceptors (Lipinski definition) is 5. The molecule has 0 fully saturated rings. The highest BCUT2D eigenvalue weighted by molar-refractivity contribution is 5.96. The van der Waals surface area contributed by atoms with Gasteiger partial charge >= 0.3 is 0 Å². The second-order valence-electron chi connectivity index (χ2n) is 3.58. The van der Waals surface area contributed by atoms with Crippen molar-refractivity contribution in [1.29, 1.82) is 5.41 Å². The topological polar surface area (TPSA) is 90.5 Å². The highest BCUT2D eigenvalue weighted by Gasteiger charge is 2.06. The largest absolute Gasteiger partial charge is 0.475 e. The lowest BCUT2D eigenvalue weighted by molar-refractivity contribution is 0.0795. The van der Waals surface area contributed by atoms with Gasteiger partial charge in [-0.3, -0.25) is 5.41 Å². The predicted molar refractivity (Wildman–Crippen MR) is 68.1 cm³/mol. The van der Waals surface area contributed by atoms with Crippen molar-refractivity contribution in [2.45, 2.75) is 6.42 Å². The van der Waals surface area contributed by atoms with Gasteiger partial charge in [0.25, 0.3) is 0 Å². The summed E-state index contributed by atoms with van der Waals surface area (Å²) in [4.78, 5) is 4.03. The maximum Gasteiger partial charge on any atom is 0.224 e. The minimum Gasteiger partial charge on any atom is -0.475 e. The van der Waals surface area contributed by atoms with E-state index in [0.717, 1.165) is 6.42 Å². The fourth-order valence-electron chi connectivity index (χ4n) is 1.32. The van der Waals surface area contributed by atoms with Gasteiger partial charge in [-0.2, -0.15) is 0 Å². The average molecular weight is 253 g/mol. The van der Waals surface area contributed by atoms with E-state index < -0.39 is 0 Å². The van der Waals surface area contributed by atoms with Gasteiger partial charge in [-0.25, -0.2) is 4.98 Å². The van der Waals surface area contributed by atoms with E-state index in [9.17, 15) is 0 Å². The van der Waals surface area contributed by atoms with Gasteiger partial charge in [0.05, 0.1) is 12.2 Å². The van der Waals surface area contributed by atoms with E-state index in [1.54, 1.807) is 25.4 Å². The minimum absolute atomic E-state index is 0.0564. The molecule has 0 spiro atoms. The minimum atomic E-state index is -0.0564. The molecule has 1 heterocycles. The molecule has 6 nitrogen and oxygen atoms in total. The smallest absolute Gasteiger partial charge is 0.224 e. The average Bonchev–Trinajstić information content (AvgIpc) is 2.38. The van der Waals surface area contributed by atoms with Crippen molar-refractivity contribution in [2.24, 2.45) is 5.73 Å². The molecule has 0 radical (unpaired) electrons. The Kier molecular flexibility index (Phi) is 6.75. The van der Waals surface area contributed by atoms with Crippen molar-refractivity contribution in [2.75, 3.05) is 33.5 Å². The summed E-state index contributed by atoms with van der Waals surface area (Å²) in [7, 11) is 1.66. The maximum atomic E-state index is 7.38. The Balaban J connectivity index is 2.25. The number of nitrogens with one attached hydrogen (secondary N) is 1. The third kappa shape index (κ3) is 5.11. The van der Waals surface area contributed by atoms with Crippen LogP contribution >= 0.6 is 0 Å². The second-order valence-corrected chi connectivity index (χ2v) is 3.58. The number of hydrogen-bond donors (Lipinski definition) is 2. The number of pyridine rings is 1. The van der Waals surface area contributed by atoms with Crippen LogP contribution in [0.2, 0.25) is 0 Å². The third-order valence-corrected chi connectivity index (χ3v) is 2.16. The van der Waals surface area contributed by atoms with E-state index >= 15 is 0 Å². The van der Waals surface area contributed by atoms with Crippen LogP contribution in [-0.2, 0) is 9.47 Å². The predicted octanol–water partition coefficient (Wildman–Crippen LogP) is 0.798. The second kappa shape index (κ2) is 8.43. The Morgan fingerprint density at radius 3 is 2.89 bits per heavy atom. The number of rotatable bonds is 9. The van der Waals surface area contributed by atoms with Gasteiger partial charge in [-0.15, -0.1) is 0 Å². The fraction of sp³-hybridized carbons (Fsp3) is 0.500. The van der Waals surface area contributed by atoms with Crippen LogP contribution in [0.15, 0.2) is 18.3 Å². The van der Waals surface area contributed by atoms with E-state index in [2.05, 4.69) is 4.98 Å². The van der Waals surface area contributed by atoms with Crippen molar-refractivity contribution >= 4 is 5.84 Å². The summed E-state index contributed by atoms with van der Waals surface area (Å²) in [5.74, 6) is 0.310. The number of amidine groups is 1. The van der Waals surface area contributed by atoms with Gasteiger partial charge in [-0.1, -0.05) is 0 Å². The quantitative estimate of drug-likeness (QED) is 0.386. The van der Waals surface area contributed by atoms with E-state index in [4.69, 9.17) is 25.4 Å². The molecule has 1 aromatic rings. The molecule has 0 unspecified atom stereocenters. The number of nitrogen functional groups attached to an aromatic ring is 1. The first-order valence-corrected chi connectivity index (χ1v) is 5.74. The Morgan fingerprint density at radius 1 is 1.33 bits per heavy atom. The van der Waals surface area contributed by atoms with Crippen molar-refractivity contribution in [1.82, 2.24) is 4.98 Å². The van der Waals surface area contributed by atoms with Crippen molar-refractivity contribution in [3.8, 4) is 5.88 Å². The lowest BCUT2D eigenvalue weighted by Crippen LogP contribution is -2.16. The van der Waals surface area contributed by atoms with E-state index in [1.807, 2.05) is 0 Å². The molecule has 0 aromatic carbocycles. The van der Waals surface area contributed by atoms with Crippen molar-refractivity contribution < 1.29 is 14.2 Å². The lowest BCUT2D eigenvalue weighted by Gasteiger charge is -2.09. The summed E-state index contributed by atoms with van der Waals surface area (Å²) in [6.07, 6.45) is 2.46. The highest BCUT2D eigenvalue weighted by Crippen LogP contribution is 2.12. The highest BCUT2D eigenvalue weighted by atomic mass is 16.5. The molecule has 1 rings (SSSR count). The van der Waals surface area contributed by atoms with E-state index in [0.29, 0.717) is 37.9 Å². The number of aromatic nitrogens is 1. The fourth-order valence-corrected chi connectivity index (χ4v) is 1.32. The molecule has 100 valence electrons. The first kappa shape index (κ1) is 14.4. The number of nitrogens with two attached hydrogens (primary N) is 1. The molecule has 0 amide bonds. The summed E-state index contributed by atoms with van der Waals surface area (Å²) >= 11 is 0. The molecule has 0 saturated heterocycles. The Bertz CT molecular complexity index is 371. The molecular weight excluding hydrogens is 234 g/mol. The summed E-state index contributed by atoms with van der Waals surface area (Å²) < 4.78 is 15.7. The summed E-state index contributed by atoms with van der Waals surface area (Å²) in [6, 6.07) is 3.41. The van der Waals surface area contributed by atoms with Gasteiger partial charge in [-0.05, 0) is 18.6 Å². The molecule has 0 bridgehead atoms. The standard InChI is InChI=1S/C12H19N3O3/c1-16-6-3-7-17-8-9-18-12-10(11(13)14)4-2-5-15-12/h2,4-5H,3,6-9H2,1H3,(H3,13,14). The van der Waals surface area contributed by atoms with Crippen LogP contribution < -0.4 is 10.5 Å². The first-order chi connectivity index (χ1) is 8.75. The molecule has 0 atom stereocenters. The molecule has 3 N–H and O–H groups in total. The molecule has 1 aromatic heterocycles. The normalized spacial score (nSPS) is 10.3. The Morgan fingerprint density at radius 2 is 2.17 bits per heavy atom. The van der Waals surface area contributed by atoms with Gasteiger partial charge in [0, 0.05) is 26.5 Å². The molecule has 0 aliphatic heterocycles. The van der Waals surface area contributed by atoms with Gasteiger partial charge < -0.3 is 19.9 Å². The zero-order chi connectivity index (χ0) is 13.2. The molecule has 0 aliphatic carbocycles. The molecule has 18 heavy (non-hydrogen) atoms. The SMILES string of the molecule is COCCCOCCOc1ncccc1C(=N)N. The van der Waals surface area contributed by atoms with Crippen LogP contribution in [0.4, 0.5) is 0 Å². The lowest BCUT2D eigenvalue weighted by atomic mass is 10.2. The molecule has 0 saturated carbocycles. The molecule has 6 heteroatoms. The van der Waals surface area contributed by atoms with E-state index in [-0.39, 0.29) is 5.84 Å². The third-order valence-electron chi connectivity index (χ3n) is 2.16. The van der Waals surface area contributed by atoms with Crippen molar-refractivity contribution in [3.05, 3.63) is 23.9 Å². The summed E-state index contributed by atoms with van der Waals surface area (Å²) in [5.41, 5.74) is 5.92. The number of nitrogens with zero attached hydrogens (tertiary/aromatic N) is 1. The van der Waals surface area contributed by atoms with Crippen LogP contribution in [0.5, 0.6) is 5.88 Å². The Hall–Kier alpha value is -1.66. The summed E-state index contributed by atoms with van der Waals surface area (Å²) in [5, 5.41) is 7.38. The molecular formula is C12H19N3O3. The Labute approximate surface area is 107 Å². The molecule has 0 aliphatic rings. The zero-order valence-electron chi connectivity index (χ0n) is 10.5. The number of ether oxygens (including phenoxy) is 3. The zero-order valence-corrected chi connectivity index (χ0v) is 10.5. The first-order valence-electron chi connectivity index (χ1n) is 5.74. The van der Waals surface area contributed by atoms with Crippen LogP contribution in [0.3, 0.4) is 0 Å². The monoisotopic (exact) mass is 253 g/mol. The maximum absolute atomic E-state index is 7.38. The van der Waals surface area contributed by atoms with Gasteiger partial charge in [0.15, 0.2) is 0 Å². The number of methoxy groups -OCH3 is 1. The van der Waals surface area contributed by atoms with Crippen molar-refractivity contribution in [3.63, 3.8) is 0 Å². The van der Waals surface area contributed by atoms with E-state index in [1.165, 1.54) is 0 Å². The van der Waals surface area contributed by atoms with Crippen LogP contribution in [0, 0.1) is 5.41 Å². The van der Waals surface area contributed by atoms with Crippen LogP contribution in [-0.4, -0.2) is 44.4 Å². The van der Waals surface area contributed by atoms with Crippen LogP contribution in [0.25, 0.3) is 0 Å². The van der Waals surface area contributed by atoms with Gasteiger partial charge in [0.1, 0.15) is 12.4 Å². The van der Waals surface area contributed by atoms with Crippen LogP contribution in [0.1, 0.15) is 12.0 Å².